The molecule has 2 aromatic rings. The fraction of sp³-hybridized carbons (Fsp3) is 0.300. The third kappa shape index (κ3) is 6.22. The molecule has 0 bridgehead atoms. The fourth-order valence-corrected chi connectivity index (χ4v) is 2.50. The molecule has 0 unspecified atom stereocenters. The first-order chi connectivity index (χ1) is 13.0. The van der Waals surface area contributed by atoms with E-state index in [0.29, 0.717) is 29.4 Å². The van der Waals surface area contributed by atoms with Crippen molar-refractivity contribution in [2.75, 3.05) is 20.3 Å². The topological polar surface area (TPSA) is 96.9 Å². The Balaban J connectivity index is 2.02. The average molecular weight is 372 g/mol. The van der Waals surface area contributed by atoms with E-state index in [2.05, 4.69) is 5.32 Å². The third-order valence-electron chi connectivity index (χ3n) is 3.73. The second-order valence-electron chi connectivity index (χ2n) is 5.64. The molecular weight excluding hydrogens is 350 g/mol. The number of hydrogen-bond acceptors (Lipinski definition) is 6. The van der Waals surface area contributed by atoms with Crippen molar-refractivity contribution in [3.63, 3.8) is 0 Å². The molecule has 7 heteroatoms. The number of carbonyl (C=O) groups is 2. The van der Waals surface area contributed by atoms with Gasteiger partial charge in [0.25, 0.3) is 5.91 Å². The molecule has 0 aromatic heterocycles. The zero-order valence-electron chi connectivity index (χ0n) is 15.3. The van der Waals surface area contributed by atoms with E-state index in [1.54, 1.807) is 48.5 Å². The Hall–Kier alpha value is -3.22. The van der Waals surface area contributed by atoms with Gasteiger partial charge >= 0.3 is 0 Å². The van der Waals surface area contributed by atoms with Crippen LogP contribution in [0.4, 0.5) is 0 Å². The molecule has 0 fully saturated rings. The lowest BCUT2D eigenvalue weighted by molar-refractivity contribution is -0.306. The van der Waals surface area contributed by atoms with Crippen molar-refractivity contribution in [3.8, 4) is 17.2 Å². The Labute approximate surface area is 157 Å². The maximum Gasteiger partial charge on any atom is 0.258 e. The van der Waals surface area contributed by atoms with Crippen molar-refractivity contribution in [2.24, 2.45) is 0 Å². The fourth-order valence-electron chi connectivity index (χ4n) is 2.50. The number of carboxylic acid groups (broad SMARTS) is 1. The van der Waals surface area contributed by atoms with Crippen LogP contribution >= 0.6 is 0 Å². The van der Waals surface area contributed by atoms with E-state index in [0.717, 1.165) is 0 Å². The van der Waals surface area contributed by atoms with Crippen LogP contribution in [0.5, 0.6) is 17.2 Å². The van der Waals surface area contributed by atoms with Crippen molar-refractivity contribution < 1.29 is 28.9 Å². The highest BCUT2D eigenvalue weighted by atomic mass is 16.5. The van der Waals surface area contributed by atoms with Gasteiger partial charge in [-0.1, -0.05) is 24.3 Å². The van der Waals surface area contributed by atoms with E-state index in [1.165, 1.54) is 7.11 Å². The van der Waals surface area contributed by atoms with Gasteiger partial charge in [-0.05, 0) is 36.8 Å². The SMILES string of the molecule is CCOc1ccc([C@H](CC(=O)[O-])NC(=O)COc2ccccc2OC)cc1. The molecule has 0 spiro atoms. The number of methoxy groups -OCH3 is 1. The monoisotopic (exact) mass is 372 g/mol. The molecule has 27 heavy (non-hydrogen) atoms. The van der Waals surface area contributed by atoms with Crippen LogP contribution in [-0.4, -0.2) is 32.2 Å². The van der Waals surface area contributed by atoms with Gasteiger partial charge in [0.2, 0.25) is 0 Å². The van der Waals surface area contributed by atoms with Crippen LogP contribution in [0.1, 0.15) is 24.9 Å². The number of hydrogen-bond donors (Lipinski definition) is 1. The minimum absolute atomic E-state index is 0.277. The summed E-state index contributed by atoms with van der Waals surface area (Å²) in [5.74, 6) is -0.129. The van der Waals surface area contributed by atoms with Crippen molar-refractivity contribution >= 4 is 11.9 Å². The van der Waals surface area contributed by atoms with Crippen LogP contribution in [-0.2, 0) is 9.59 Å². The maximum atomic E-state index is 12.2. The summed E-state index contributed by atoms with van der Waals surface area (Å²) in [5.41, 5.74) is 0.633. The van der Waals surface area contributed by atoms with E-state index >= 15 is 0 Å². The molecule has 1 amide bonds. The van der Waals surface area contributed by atoms with Gasteiger partial charge < -0.3 is 29.4 Å². The number of benzene rings is 2. The first kappa shape index (κ1) is 20.1. The average Bonchev–Trinajstić information content (AvgIpc) is 2.66. The number of nitrogens with one attached hydrogen (secondary N) is 1. The molecule has 1 atom stereocenters. The number of aliphatic carboxylic acids is 1. The molecule has 0 saturated heterocycles. The Kier molecular flexibility index (Phi) is 7.49. The van der Waals surface area contributed by atoms with Crippen LogP contribution in [0.2, 0.25) is 0 Å². The summed E-state index contributed by atoms with van der Waals surface area (Å²) < 4.78 is 16.0. The highest BCUT2D eigenvalue weighted by Gasteiger charge is 2.16. The Morgan fingerprint density at radius 2 is 1.70 bits per heavy atom. The lowest BCUT2D eigenvalue weighted by atomic mass is 10.0. The van der Waals surface area contributed by atoms with Crippen LogP contribution < -0.4 is 24.6 Å². The minimum atomic E-state index is -1.26. The molecule has 144 valence electrons. The summed E-state index contributed by atoms with van der Waals surface area (Å²) in [5, 5.41) is 13.7. The normalized spacial score (nSPS) is 11.3. The van der Waals surface area contributed by atoms with E-state index < -0.39 is 17.9 Å². The zero-order chi connectivity index (χ0) is 19.6. The van der Waals surface area contributed by atoms with Crippen LogP contribution in [0.3, 0.4) is 0 Å². The van der Waals surface area contributed by atoms with Crippen molar-refractivity contribution in [2.45, 2.75) is 19.4 Å². The van der Waals surface area contributed by atoms with Gasteiger partial charge in [0, 0.05) is 12.4 Å². The highest BCUT2D eigenvalue weighted by molar-refractivity contribution is 5.79. The molecule has 2 rings (SSSR count). The smallest absolute Gasteiger partial charge is 0.258 e. The van der Waals surface area contributed by atoms with Crippen LogP contribution in [0.25, 0.3) is 0 Å². The largest absolute Gasteiger partial charge is 0.550 e. The summed E-state index contributed by atoms with van der Waals surface area (Å²) in [6, 6.07) is 13.1. The van der Waals surface area contributed by atoms with Crippen molar-refractivity contribution in [3.05, 3.63) is 54.1 Å². The molecule has 7 nitrogen and oxygen atoms in total. The number of carboxylic acids is 1. The number of carbonyl (C=O) groups excluding carboxylic acids is 2. The van der Waals surface area contributed by atoms with Gasteiger partial charge in [0.1, 0.15) is 5.75 Å². The van der Waals surface area contributed by atoms with Gasteiger partial charge in [0.05, 0.1) is 19.8 Å². The Bertz CT molecular complexity index is 759. The summed E-state index contributed by atoms with van der Waals surface area (Å²) in [6.45, 7) is 2.12. The van der Waals surface area contributed by atoms with E-state index in [1.807, 2.05) is 6.92 Å². The summed E-state index contributed by atoms with van der Waals surface area (Å²) in [6.07, 6.45) is -0.353. The van der Waals surface area contributed by atoms with Crippen molar-refractivity contribution in [1.82, 2.24) is 5.32 Å². The first-order valence-electron chi connectivity index (χ1n) is 8.51. The standard InChI is InChI=1S/C20H23NO6/c1-3-26-15-10-8-14(9-11-15)16(12-20(23)24)21-19(22)13-27-18-7-5-4-6-17(18)25-2/h4-11,16H,3,12-13H2,1-2H3,(H,21,22)(H,23,24)/p-1/t16-/m0/s1. The van der Waals surface area contributed by atoms with E-state index in [-0.39, 0.29) is 13.0 Å². The van der Waals surface area contributed by atoms with Gasteiger partial charge in [-0.3, -0.25) is 4.79 Å². The molecule has 0 aliphatic rings. The number of rotatable bonds is 10. The van der Waals surface area contributed by atoms with Gasteiger partial charge in [-0.15, -0.1) is 0 Å². The quantitative estimate of drug-likeness (QED) is 0.678. The molecular formula is C20H22NO6-. The first-order valence-corrected chi connectivity index (χ1v) is 8.51. The molecule has 0 radical (unpaired) electrons. The predicted molar refractivity (Wildman–Crippen MR) is 96.6 cm³/mol. The lowest BCUT2D eigenvalue weighted by Gasteiger charge is -2.20. The van der Waals surface area contributed by atoms with Gasteiger partial charge in [-0.2, -0.15) is 0 Å². The number of para-hydroxylation sites is 2. The molecule has 1 N–H and O–H groups in total. The summed E-state index contributed by atoms with van der Waals surface area (Å²) in [7, 11) is 1.50. The second kappa shape index (κ2) is 10.1. The molecule has 0 aliphatic heterocycles. The lowest BCUT2D eigenvalue weighted by Crippen LogP contribution is -2.36. The second-order valence-corrected chi connectivity index (χ2v) is 5.64. The Morgan fingerprint density at radius 1 is 1.04 bits per heavy atom. The Morgan fingerprint density at radius 3 is 2.30 bits per heavy atom. The molecule has 2 aromatic carbocycles. The third-order valence-corrected chi connectivity index (χ3v) is 3.73. The van der Waals surface area contributed by atoms with Crippen molar-refractivity contribution in [1.29, 1.82) is 0 Å². The molecule has 0 aliphatic carbocycles. The summed E-state index contributed by atoms with van der Waals surface area (Å²) >= 11 is 0. The van der Waals surface area contributed by atoms with Crippen LogP contribution in [0, 0.1) is 0 Å². The van der Waals surface area contributed by atoms with Crippen LogP contribution in [0.15, 0.2) is 48.5 Å². The van der Waals surface area contributed by atoms with E-state index in [4.69, 9.17) is 14.2 Å². The summed E-state index contributed by atoms with van der Waals surface area (Å²) in [4.78, 5) is 23.3. The molecule has 0 saturated carbocycles. The van der Waals surface area contributed by atoms with Gasteiger partial charge in [-0.25, -0.2) is 0 Å². The zero-order valence-corrected chi connectivity index (χ0v) is 15.3. The number of amides is 1. The number of ether oxygens (including phenoxy) is 3. The van der Waals surface area contributed by atoms with Gasteiger partial charge in [0.15, 0.2) is 18.1 Å². The molecule has 0 heterocycles. The van der Waals surface area contributed by atoms with E-state index in [9.17, 15) is 14.7 Å². The highest BCUT2D eigenvalue weighted by Crippen LogP contribution is 2.26. The predicted octanol–water partition coefficient (Wildman–Crippen LogP) is 1.47. The minimum Gasteiger partial charge on any atom is -0.550 e. The maximum absolute atomic E-state index is 12.2.